The zero-order chi connectivity index (χ0) is 26.1. The molecule has 0 saturated carbocycles. The van der Waals surface area contributed by atoms with E-state index in [0.717, 1.165) is 12.3 Å². The van der Waals surface area contributed by atoms with Gasteiger partial charge in [-0.05, 0) is 18.2 Å². The lowest BCUT2D eigenvalue weighted by atomic mass is 9.91. The molecule has 0 aliphatic carbocycles. The first-order valence-corrected chi connectivity index (χ1v) is 13.1. The summed E-state index contributed by atoms with van der Waals surface area (Å²) >= 11 is 0. The van der Waals surface area contributed by atoms with Gasteiger partial charge in [0.1, 0.15) is 18.2 Å². The van der Waals surface area contributed by atoms with Gasteiger partial charge >= 0.3 is 6.18 Å². The van der Waals surface area contributed by atoms with Crippen molar-refractivity contribution in [1.29, 1.82) is 0 Å². The van der Waals surface area contributed by atoms with Gasteiger partial charge < -0.3 is 19.5 Å². The molecule has 2 saturated heterocycles. The van der Waals surface area contributed by atoms with E-state index in [9.17, 15) is 26.0 Å². The van der Waals surface area contributed by atoms with E-state index >= 15 is 0 Å². The summed E-state index contributed by atoms with van der Waals surface area (Å²) in [6.45, 7) is 0.527. The molecule has 14 heteroatoms. The second-order valence-electron chi connectivity index (χ2n) is 8.76. The Kier molecular flexibility index (Phi) is 7.57. The van der Waals surface area contributed by atoms with Crippen LogP contribution in [0.25, 0.3) is 0 Å². The van der Waals surface area contributed by atoms with Crippen molar-refractivity contribution in [2.75, 3.05) is 38.4 Å². The van der Waals surface area contributed by atoms with E-state index in [4.69, 9.17) is 14.2 Å². The van der Waals surface area contributed by atoms with E-state index in [0.29, 0.717) is 26.1 Å². The molecular formula is C22H26F4N4O5S. The van der Waals surface area contributed by atoms with Gasteiger partial charge in [0.05, 0.1) is 37.3 Å². The fourth-order valence-corrected chi connectivity index (χ4v) is 5.12. The van der Waals surface area contributed by atoms with Gasteiger partial charge in [-0.3, -0.25) is 4.90 Å². The van der Waals surface area contributed by atoms with E-state index in [-0.39, 0.29) is 52.8 Å². The van der Waals surface area contributed by atoms with Crippen LogP contribution in [0.4, 0.5) is 29.1 Å². The van der Waals surface area contributed by atoms with Crippen molar-refractivity contribution in [2.24, 2.45) is 0 Å². The van der Waals surface area contributed by atoms with Crippen molar-refractivity contribution in [2.45, 2.75) is 48.5 Å². The highest BCUT2D eigenvalue weighted by Crippen LogP contribution is 2.37. The van der Waals surface area contributed by atoms with Crippen LogP contribution in [0.5, 0.6) is 11.6 Å². The number of hydrogen-bond donors (Lipinski definition) is 1. The van der Waals surface area contributed by atoms with E-state index in [1.807, 2.05) is 4.90 Å². The maximum absolute atomic E-state index is 14.6. The van der Waals surface area contributed by atoms with Crippen molar-refractivity contribution in [3.63, 3.8) is 0 Å². The lowest BCUT2D eigenvalue weighted by Gasteiger charge is -2.48. The Balaban J connectivity index is 1.49. The summed E-state index contributed by atoms with van der Waals surface area (Å²) in [5, 5.41) is 2.77. The minimum absolute atomic E-state index is 0.0324. The molecule has 2 fully saturated rings. The molecule has 2 aromatic rings. The smallest absolute Gasteiger partial charge is 0.390 e. The maximum atomic E-state index is 14.6. The molecule has 3 atom stereocenters. The van der Waals surface area contributed by atoms with E-state index in [2.05, 4.69) is 15.3 Å². The monoisotopic (exact) mass is 534 g/mol. The predicted octanol–water partition coefficient (Wildman–Crippen LogP) is 3.33. The number of hydrogen-bond acceptors (Lipinski definition) is 9. The van der Waals surface area contributed by atoms with Crippen LogP contribution in [0.15, 0.2) is 29.4 Å². The molecule has 0 radical (unpaired) electrons. The standard InChI is InChI=1S/C22H26F4N4O5S/c1-33-19-20(29-18-4-3-16(9-17(18)23)36(2,31)32)27-12-28-21(19)35-15-7-13-10-34-11-14(8-15)30(13)6-5-22(24,25)26/h3-4,9,12-15H,5-8,10-11H2,1-2H3,(H,27,28,29)/t13-,14?,15?/m1/s1. The van der Waals surface area contributed by atoms with E-state index in [1.165, 1.54) is 25.6 Å². The second-order valence-corrected chi connectivity index (χ2v) is 10.8. The topological polar surface area (TPSA) is 103 Å². The number of morpholine rings is 1. The Morgan fingerprint density at radius 3 is 2.47 bits per heavy atom. The number of piperidine rings is 1. The van der Waals surface area contributed by atoms with Crippen LogP contribution in [-0.4, -0.2) is 80.8 Å². The third kappa shape index (κ3) is 6.16. The zero-order valence-corrected chi connectivity index (χ0v) is 20.4. The molecule has 4 rings (SSSR count). The average molecular weight is 535 g/mol. The largest absolute Gasteiger partial charge is 0.489 e. The summed E-state index contributed by atoms with van der Waals surface area (Å²) in [6.07, 6.45) is -2.42. The van der Waals surface area contributed by atoms with Crippen LogP contribution in [-0.2, 0) is 14.6 Å². The van der Waals surface area contributed by atoms with Gasteiger partial charge in [0.15, 0.2) is 15.7 Å². The summed E-state index contributed by atoms with van der Waals surface area (Å²) < 4.78 is 93.2. The molecule has 1 aromatic heterocycles. The van der Waals surface area contributed by atoms with E-state index in [1.54, 1.807) is 0 Å². The Morgan fingerprint density at radius 2 is 1.89 bits per heavy atom. The van der Waals surface area contributed by atoms with Crippen LogP contribution in [0.3, 0.4) is 0 Å². The number of alkyl halides is 3. The van der Waals surface area contributed by atoms with Gasteiger partial charge in [0.2, 0.25) is 5.75 Å². The third-order valence-corrected chi connectivity index (χ3v) is 7.27. The number of anilines is 2. The zero-order valence-electron chi connectivity index (χ0n) is 19.6. The van der Waals surface area contributed by atoms with Gasteiger partial charge in [-0.2, -0.15) is 18.2 Å². The first-order chi connectivity index (χ1) is 16.9. The SMILES string of the molecule is COc1c(Nc2ccc(S(C)(=O)=O)cc2F)ncnc1OC1CC2COC[C@@H](C1)N2CCC(F)(F)F. The molecule has 2 bridgehead atoms. The van der Waals surface area contributed by atoms with Crippen molar-refractivity contribution < 1.29 is 40.2 Å². The van der Waals surface area contributed by atoms with Crippen LogP contribution in [0.2, 0.25) is 0 Å². The number of fused-ring (bicyclic) bond motifs is 2. The normalized spacial score (nSPS) is 22.8. The molecule has 36 heavy (non-hydrogen) atoms. The van der Waals surface area contributed by atoms with Gasteiger partial charge in [-0.25, -0.2) is 17.8 Å². The molecule has 3 heterocycles. The number of rotatable bonds is 8. The van der Waals surface area contributed by atoms with E-state index < -0.39 is 28.3 Å². The van der Waals surface area contributed by atoms with Crippen LogP contribution in [0.1, 0.15) is 19.3 Å². The van der Waals surface area contributed by atoms with Crippen LogP contribution < -0.4 is 14.8 Å². The predicted molar refractivity (Wildman–Crippen MR) is 121 cm³/mol. The number of aromatic nitrogens is 2. The Hall–Kier alpha value is -2.71. The maximum Gasteiger partial charge on any atom is 0.390 e. The minimum Gasteiger partial charge on any atom is -0.489 e. The number of sulfone groups is 1. The molecule has 1 N–H and O–H groups in total. The van der Waals surface area contributed by atoms with Crippen molar-refractivity contribution >= 4 is 21.3 Å². The fourth-order valence-electron chi connectivity index (χ4n) is 4.48. The Labute approximate surface area is 205 Å². The lowest BCUT2D eigenvalue weighted by Crippen LogP contribution is -2.59. The Morgan fingerprint density at radius 1 is 1.19 bits per heavy atom. The summed E-state index contributed by atoms with van der Waals surface area (Å²) in [5.41, 5.74) is -0.0324. The number of ether oxygens (including phenoxy) is 3. The summed E-state index contributed by atoms with van der Waals surface area (Å²) in [6, 6.07) is 2.98. The third-order valence-electron chi connectivity index (χ3n) is 6.16. The fraction of sp³-hybridized carbons (Fsp3) is 0.545. The highest BCUT2D eigenvalue weighted by atomic mass is 32.2. The van der Waals surface area contributed by atoms with Crippen LogP contribution >= 0.6 is 0 Å². The average Bonchev–Trinajstić information content (AvgIpc) is 2.78. The number of halogens is 4. The minimum atomic E-state index is -4.23. The molecule has 2 aliphatic rings. The number of nitrogens with one attached hydrogen (secondary N) is 1. The second kappa shape index (κ2) is 10.3. The van der Waals surface area contributed by atoms with Gasteiger partial charge in [0, 0.05) is 37.7 Å². The van der Waals surface area contributed by atoms with Gasteiger partial charge in [-0.1, -0.05) is 0 Å². The Bertz CT molecular complexity index is 1180. The van der Waals surface area contributed by atoms with Crippen molar-refractivity contribution in [3.05, 3.63) is 30.3 Å². The molecule has 0 amide bonds. The summed E-state index contributed by atoms with van der Waals surface area (Å²) in [4.78, 5) is 9.88. The van der Waals surface area contributed by atoms with Crippen LogP contribution in [0, 0.1) is 5.82 Å². The quantitative estimate of drug-likeness (QED) is 0.511. The molecule has 0 spiro atoms. The number of benzene rings is 1. The first-order valence-electron chi connectivity index (χ1n) is 11.2. The first kappa shape index (κ1) is 26.4. The molecule has 2 unspecified atom stereocenters. The number of methoxy groups -OCH3 is 1. The van der Waals surface area contributed by atoms with Crippen molar-refractivity contribution in [1.82, 2.24) is 14.9 Å². The van der Waals surface area contributed by atoms with Crippen molar-refractivity contribution in [3.8, 4) is 11.6 Å². The van der Waals surface area contributed by atoms with Gasteiger partial charge in [-0.15, -0.1) is 0 Å². The highest BCUT2D eigenvalue weighted by molar-refractivity contribution is 7.90. The summed E-state index contributed by atoms with van der Waals surface area (Å²) in [5.74, 6) is -0.513. The lowest BCUT2D eigenvalue weighted by molar-refractivity contribution is -0.154. The van der Waals surface area contributed by atoms with Gasteiger partial charge in [0.25, 0.3) is 5.88 Å². The molecule has 9 nitrogen and oxygen atoms in total. The molecule has 1 aromatic carbocycles. The number of nitrogens with zero attached hydrogens (tertiary/aromatic N) is 3. The molecular weight excluding hydrogens is 508 g/mol. The molecule has 2 aliphatic heterocycles. The summed E-state index contributed by atoms with van der Waals surface area (Å²) in [7, 11) is -2.22. The highest BCUT2D eigenvalue weighted by Gasteiger charge is 2.42. The molecule has 198 valence electrons.